The maximum absolute atomic E-state index is 12.5. The number of ether oxygens (including phenoxy) is 1. The van der Waals surface area contributed by atoms with Gasteiger partial charge >= 0.3 is 0 Å². The van der Waals surface area contributed by atoms with E-state index in [1.807, 2.05) is 60.7 Å². The molecule has 0 atom stereocenters. The predicted molar refractivity (Wildman–Crippen MR) is 95.2 cm³/mol. The molecule has 2 aromatic carbocycles. The number of anilines is 1. The average Bonchev–Trinajstić information content (AvgIpc) is 2.62. The zero-order chi connectivity index (χ0) is 16.3. The second-order valence-corrected chi connectivity index (χ2v) is 5.51. The standard InChI is InChI=1S/C20H25NO2/c1-2-3-15-23-16-14-21(19-12-8-5-9-13-19)17-20(22)18-10-6-4-7-11-18/h4-13H,2-3,14-17H2,1H3. The fourth-order valence-electron chi connectivity index (χ4n) is 2.35. The Morgan fingerprint density at radius 1 is 0.957 bits per heavy atom. The van der Waals surface area contributed by atoms with Crippen LogP contribution in [0.3, 0.4) is 0 Å². The van der Waals surface area contributed by atoms with E-state index in [2.05, 4.69) is 11.8 Å². The third-order valence-electron chi connectivity index (χ3n) is 3.70. The Labute approximate surface area is 138 Å². The summed E-state index contributed by atoms with van der Waals surface area (Å²) in [4.78, 5) is 14.6. The number of unbranched alkanes of at least 4 members (excludes halogenated alkanes) is 1. The molecule has 0 saturated carbocycles. The van der Waals surface area contributed by atoms with Crippen LogP contribution in [0.2, 0.25) is 0 Å². The summed E-state index contributed by atoms with van der Waals surface area (Å²) >= 11 is 0. The summed E-state index contributed by atoms with van der Waals surface area (Å²) in [6, 6.07) is 19.5. The van der Waals surface area contributed by atoms with Crippen LogP contribution in [0.1, 0.15) is 30.1 Å². The van der Waals surface area contributed by atoms with Gasteiger partial charge in [-0.25, -0.2) is 0 Å². The summed E-state index contributed by atoms with van der Waals surface area (Å²) in [6.45, 7) is 4.65. The van der Waals surface area contributed by atoms with E-state index < -0.39 is 0 Å². The van der Waals surface area contributed by atoms with Crippen molar-refractivity contribution in [1.29, 1.82) is 0 Å². The number of para-hydroxylation sites is 1. The van der Waals surface area contributed by atoms with Gasteiger partial charge in [-0.2, -0.15) is 0 Å². The van der Waals surface area contributed by atoms with Crippen LogP contribution >= 0.6 is 0 Å². The van der Waals surface area contributed by atoms with Gasteiger partial charge in [-0.1, -0.05) is 61.9 Å². The third-order valence-corrected chi connectivity index (χ3v) is 3.70. The first kappa shape index (κ1) is 17.2. The van der Waals surface area contributed by atoms with E-state index in [0.29, 0.717) is 19.7 Å². The fraction of sp³-hybridized carbons (Fsp3) is 0.350. The van der Waals surface area contributed by atoms with Crippen LogP contribution in [-0.2, 0) is 4.74 Å². The number of hydrogen-bond donors (Lipinski definition) is 0. The highest BCUT2D eigenvalue weighted by Gasteiger charge is 2.13. The largest absolute Gasteiger partial charge is 0.380 e. The van der Waals surface area contributed by atoms with E-state index in [9.17, 15) is 4.79 Å². The van der Waals surface area contributed by atoms with E-state index in [0.717, 1.165) is 30.7 Å². The molecule has 23 heavy (non-hydrogen) atoms. The van der Waals surface area contributed by atoms with Gasteiger partial charge < -0.3 is 9.64 Å². The van der Waals surface area contributed by atoms with Crippen LogP contribution in [0.5, 0.6) is 0 Å². The molecule has 122 valence electrons. The quantitative estimate of drug-likeness (QED) is 0.487. The minimum Gasteiger partial charge on any atom is -0.380 e. The van der Waals surface area contributed by atoms with Crippen LogP contribution < -0.4 is 4.90 Å². The van der Waals surface area contributed by atoms with E-state index >= 15 is 0 Å². The second kappa shape index (κ2) is 9.80. The van der Waals surface area contributed by atoms with Crippen molar-refractivity contribution in [2.45, 2.75) is 19.8 Å². The molecule has 0 aliphatic heterocycles. The molecule has 0 amide bonds. The molecule has 0 aliphatic carbocycles. The molecule has 3 nitrogen and oxygen atoms in total. The van der Waals surface area contributed by atoms with Crippen LogP contribution in [-0.4, -0.2) is 32.1 Å². The number of carbonyl (C=O) groups excluding carboxylic acids is 1. The molecule has 0 radical (unpaired) electrons. The highest BCUT2D eigenvalue weighted by atomic mass is 16.5. The lowest BCUT2D eigenvalue weighted by atomic mass is 10.1. The summed E-state index contributed by atoms with van der Waals surface area (Å²) in [5, 5.41) is 0. The van der Waals surface area contributed by atoms with Crippen molar-refractivity contribution in [1.82, 2.24) is 0 Å². The van der Waals surface area contributed by atoms with Crippen molar-refractivity contribution in [3.8, 4) is 0 Å². The van der Waals surface area contributed by atoms with Gasteiger partial charge in [-0.3, -0.25) is 4.79 Å². The summed E-state index contributed by atoms with van der Waals surface area (Å²) < 4.78 is 5.66. The molecule has 0 aromatic heterocycles. The van der Waals surface area contributed by atoms with Gasteiger partial charge in [0.05, 0.1) is 13.2 Å². The maximum Gasteiger partial charge on any atom is 0.182 e. The molecule has 0 fully saturated rings. The Bertz CT molecular complexity index is 569. The van der Waals surface area contributed by atoms with E-state index in [-0.39, 0.29) is 5.78 Å². The molecule has 0 heterocycles. The lowest BCUT2D eigenvalue weighted by Crippen LogP contribution is -2.33. The van der Waals surface area contributed by atoms with Gasteiger partial charge in [0.15, 0.2) is 5.78 Å². The first-order valence-electron chi connectivity index (χ1n) is 8.27. The van der Waals surface area contributed by atoms with Crippen LogP contribution in [0.25, 0.3) is 0 Å². The van der Waals surface area contributed by atoms with Gasteiger partial charge in [0, 0.05) is 24.4 Å². The normalized spacial score (nSPS) is 10.5. The lowest BCUT2D eigenvalue weighted by Gasteiger charge is -2.24. The van der Waals surface area contributed by atoms with E-state index in [1.165, 1.54) is 0 Å². The smallest absolute Gasteiger partial charge is 0.182 e. The number of hydrogen-bond acceptors (Lipinski definition) is 3. The van der Waals surface area contributed by atoms with Gasteiger partial charge in [0.2, 0.25) is 0 Å². The van der Waals surface area contributed by atoms with Gasteiger partial charge in [0.1, 0.15) is 0 Å². The minimum absolute atomic E-state index is 0.128. The number of ketones is 1. The van der Waals surface area contributed by atoms with E-state index in [1.54, 1.807) is 0 Å². The third kappa shape index (κ3) is 5.87. The molecule has 2 aromatic rings. The lowest BCUT2D eigenvalue weighted by molar-refractivity contribution is 0.0993. The molecular weight excluding hydrogens is 286 g/mol. The molecule has 3 heteroatoms. The Hall–Kier alpha value is -2.13. The SMILES string of the molecule is CCCCOCCN(CC(=O)c1ccccc1)c1ccccc1. The summed E-state index contributed by atoms with van der Waals surface area (Å²) in [7, 11) is 0. The number of benzene rings is 2. The first-order chi connectivity index (χ1) is 11.3. The van der Waals surface area contributed by atoms with Gasteiger partial charge in [-0.05, 0) is 18.6 Å². The van der Waals surface area contributed by atoms with Crippen LogP contribution in [0, 0.1) is 0 Å². The molecule has 0 N–H and O–H groups in total. The predicted octanol–water partition coefficient (Wildman–Crippen LogP) is 4.19. The Balaban J connectivity index is 1.97. The Kier molecular flexibility index (Phi) is 7.34. The molecule has 0 unspecified atom stereocenters. The molecule has 0 saturated heterocycles. The molecule has 0 spiro atoms. The van der Waals surface area contributed by atoms with Crippen molar-refractivity contribution in [3.63, 3.8) is 0 Å². The fourth-order valence-corrected chi connectivity index (χ4v) is 2.35. The highest BCUT2D eigenvalue weighted by Crippen LogP contribution is 2.14. The monoisotopic (exact) mass is 311 g/mol. The second-order valence-electron chi connectivity index (χ2n) is 5.51. The molecule has 0 aliphatic rings. The van der Waals surface area contributed by atoms with Crippen molar-refractivity contribution in [2.75, 3.05) is 31.2 Å². The van der Waals surface area contributed by atoms with Crippen molar-refractivity contribution in [2.24, 2.45) is 0 Å². The Morgan fingerprint density at radius 2 is 1.61 bits per heavy atom. The summed E-state index contributed by atoms with van der Waals surface area (Å²) in [5.74, 6) is 0.128. The summed E-state index contributed by atoms with van der Waals surface area (Å²) in [5.41, 5.74) is 1.80. The van der Waals surface area contributed by atoms with Crippen molar-refractivity contribution >= 4 is 11.5 Å². The Morgan fingerprint density at radius 3 is 2.26 bits per heavy atom. The minimum atomic E-state index is 0.128. The summed E-state index contributed by atoms with van der Waals surface area (Å²) in [6.07, 6.45) is 2.21. The van der Waals surface area contributed by atoms with Crippen LogP contribution in [0.4, 0.5) is 5.69 Å². The molecule has 2 rings (SSSR count). The molecule has 0 bridgehead atoms. The zero-order valence-electron chi connectivity index (χ0n) is 13.8. The van der Waals surface area contributed by atoms with Crippen molar-refractivity contribution in [3.05, 3.63) is 66.2 Å². The maximum atomic E-state index is 12.5. The topological polar surface area (TPSA) is 29.5 Å². The number of Topliss-reactive ketones (excluding diaryl/α,β-unsaturated/α-hetero) is 1. The van der Waals surface area contributed by atoms with E-state index in [4.69, 9.17) is 4.74 Å². The average molecular weight is 311 g/mol. The van der Waals surface area contributed by atoms with Crippen molar-refractivity contribution < 1.29 is 9.53 Å². The highest BCUT2D eigenvalue weighted by molar-refractivity contribution is 5.99. The van der Waals surface area contributed by atoms with Crippen LogP contribution in [0.15, 0.2) is 60.7 Å². The first-order valence-corrected chi connectivity index (χ1v) is 8.27. The zero-order valence-corrected chi connectivity index (χ0v) is 13.8. The number of carbonyl (C=O) groups is 1. The number of nitrogens with zero attached hydrogens (tertiary/aromatic N) is 1. The number of rotatable bonds is 10. The van der Waals surface area contributed by atoms with Gasteiger partial charge in [0.25, 0.3) is 0 Å². The molecular formula is C20H25NO2. The van der Waals surface area contributed by atoms with Gasteiger partial charge in [-0.15, -0.1) is 0 Å².